The molecule has 0 spiro atoms. The van der Waals surface area contributed by atoms with E-state index in [1.807, 2.05) is 0 Å². The first kappa shape index (κ1) is 21.8. The summed E-state index contributed by atoms with van der Waals surface area (Å²) in [5.74, 6) is -4.39. The fraction of sp³-hybridized carbons (Fsp3) is 0.714. The summed E-state index contributed by atoms with van der Waals surface area (Å²) in [6.45, 7) is 4.47. The van der Waals surface area contributed by atoms with Crippen LogP contribution in [0.3, 0.4) is 0 Å². The minimum Gasteiger partial charge on any atom is -0.481 e. The molecule has 0 aromatic rings. The van der Waals surface area contributed by atoms with Crippen molar-refractivity contribution in [3.63, 3.8) is 0 Å². The Labute approximate surface area is 139 Å². The Hall–Kier alpha value is -2.20. The van der Waals surface area contributed by atoms with Crippen LogP contribution in [0.25, 0.3) is 0 Å². The van der Waals surface area contributed by atoms with E-state index in [-0.39, 0.29) is 18.8 Å². The van der Waals surface area contributed by atoms with Crippen LogP contribution < -0.4 is 16.4 Å². The fourth-order valence-electron chi connectivity index (χ4n) is 1.84. The van der Waals surface area contributed by atoms with Crippen molar-refractivity contribution >= 4 is 23.8 Å². The van der Waals surface area contributed by atoms with Gasteiger partial charge in [0.25, 0.3) is 0 Å². The molecule has 0 aliphatic carbocycles. The van der Waals surface area contributed by atoms with Gasteiger partial charge in [-0.15, -0.1) is 0 Å². The second-order valence-electron chi connectivity index (χ2n) is 5.83. The third-order valence-corrected chi connectivity index (χ3v) is 3.30. The van der Waals surface area contributed by atoms with E-state index in [9.17, 15) is 24.3 Å². The van der Waals surface area contributed by atoms with E-state index in [0.29, 0.717) is 0 Å². The minimum atomic E-state index is -1.52. The molecule has 0 heterocycles. The van der Waals surface area contributed by atoms with Gasteiger partial charge in [-0.25, -0.2) is 4.79 Å². The number of rotatable bonds is 10. The van der Waals surface area contributed by atoms with Crippen LogP contribution in [0.4, 0.5) is 0 Å². The molecule has 0 saturated heterocycles. The smallest absolute Gasteiger partial charge is 0.328 e. The van der Waals surface area contributed by atoms with Crippen LogP contribution >= 0.6 is 0 Å². The Balaban J connectivity index is 4.90. The van der Waals surface area contributed by atoms with E-state index < -0.39 is 48.0 Å². The lowest BCUT2D eigenvalue weighted by Crippen LogP contribution is -2.58. The lowest BCUT2D eigenvalue weighted by atomic mass is 10.0. The molecule has 10 heteroatoms. The molecule has 10 nitrogen and oxygen atoms in total. The molecule has 0 bridgehead atoms. The molecule has 0 aromatic heterocycles. The fourth-order valence-corrected chi connectivity index (χ4v) is 1.84. The Morgan fingerprint density at radius 1 is 0.958 bits per heavy atom. The van der Waals surface area contributed by atoms with E-state index in [1.165, 1.54) is 6.92 Å². The quantitative estimate of drug-likeness (QED) is 0.270. The number of aliphatic hydroxyl groups excluding tert-OH is 1. The highest BCUT2D eigenvalue weighted by atomic mass is 16.4. The van der Waals surface area contributed by atoms with Crippen molar-refractivity contribution in [3.8, 4) is 0 Å². The molecule has 0 radical (unpaired) electrons. The molecule has 4 atom stereocenters. The number of nitrogens with two attached hydrogens (primary N) is 1. The van der Waals surface area contributed by atoms with Crippen molar-refractivity contribution in [3.05, 3.63) is 0 Å². The molecule has 0 saturated carbocycles. The van der Waals surface area contributed by atoms with E-state index in [0.717, 1.165) is 0 Å². The van der Waals surface area contributed by atoms with Crippen molar-refractivity contribution in [2.75, 3.05) is 0 Å². The SMILES string of the molecule is CC(C)C(NC(=O)C(N)CCC(=O)O)C(=O)NC(C(=O)O)C(C)O. The van der Waals surface area contributed by atoms with Gasteiger partial charge in [0.2, 0.25) is 11.8 Å². The maximum atomic E-state index is 12.2. The van der Waals surface area contributed by atoms with Crippen LogP contribution in [0.5, 0.6) is 0 Å². The summed E-state index contributed by atoms with van der Waals surface area (Å²) in [5.41, 5.74) is 5.57. The highest BCUT2D eigenvalue weighted by molar-refractivity contribution is 5.92. The zero-order valence-electron chi connectivity index (χ0n) is 13.9. The Kier molecular flexibility index (Phi) is 8.93. The van der Waals surface area contributed by atoms with Gasteiger partial charge in [0.1, 0.15) is 6.04 Å². The second kappa shape index (κ2) is 9.83. The summed E-state index contributed by atoms with van der Waals surface area (Å²) in [4.78, 5) is 45.6. The minimum absolute atomic E-state index is 0.0982. The van der Waals surface area contributed by atoms with Crippen molar-refractivity contribution in [1.29, 1.82) is 0 Å². The predicted octanol–water partition coefficient (Wildman–Crippen LogP) is -1.73. The molecular formula is C14H25N3O7. The molecule has 0 fully saturated rings. The van der Waals surface area contributed by atoms with Gasteiger partial charge in [0.05, 0.1) is 12.1 Å². The molecule has 4 unspecified atom stereocenters. The second-order valence-corrected chi connectivity index (χ2v) is 5.83. The van der Waals surface area contributed by atoms with Crippen LogP contribution in [-0.2, 0) is 19.2 Å². The monoisotopic (exact) mass is 347 g/mol. The zero-order chi connectivity index (χ0) is 19.0. The molecule has 2 amide bonds. The lowest BCUT2D eigenvalue weighted by Gasteiger charge is -2.26. The highest BCUT2D eigenvalue weighted by Gasteiger charge is 2.31. The average Bonchev–Trinajstić information content (AvgIpc) is 2.45. The van der Waals surface area contributed by atoms with Gasteiger partial charge in [-0.1, -0.05) is 13.8 Å². The lowest BCUT2D eigenvalue weighted by molar-refractivity contribution is -0.145. The van der Waals surface area contributed by atoms with E-state index in [2.05, 4.69) is 10.6 Å². The van der Waals surface area contributed by atoms with Crippen molar-refractivity contribution < 1.29 is 34.5 Å². The predicted molar refractivity (Wildman–Crippen MR) is 82.9 cm³/mol. The standard InChI is InChI=1S/C14H25N3O7/c1-6(2)10(13(22)17-11(7(3)18)14(23)24)16-12(21)8(15)4-5-9(19)20/h6-8,10-11,18H,4-5,15H2,1-3H3,(H,16,21)(H,17,22)(H,19,20)(H,23,24). The molecule has 0 aliphatic rings. The third-order valence-electron chi connectivity index (χ3n) is 3.30. The van der Waals surface area contributed by atoms with Crippen LogP contribution in [-0.4, -0.2) is 63.3 Å². The first-order valence-electron chi connectivity index (χ1n) is 7.46. The van der Waals surface area contributed by atoms with Crippen LogP contribution in [0.15, 0.2) is 0 Å². The number of nitrogens with one attached hydrogen (secondary N) is 2. The number of carbonyl (C=O) groups is 4. The number of carbonyl (C=O) groups excluding carboxylic acids is 2. The van der Waals surface area contributed by atoms with E-state index in [4.69, 9.17) is 15.9 Å². The van der Waals surface area contributed by atoms with Crippen molar-refractivity contribution in [1.82, 2.24) is 10.6 Å². The number of amides is 2. The van der Waals surface area contributed by atoms with Crippen LogP contribution in [0.1, 0.15) is 33.6 Å². The van der Waals surface area contributed by atoms with Gasteiger partial charge in [-0.2, -0.15) is 0 Å². The topological polar surface area (TPSA) is 179 Å². The summed E-state index contributed by atoms with van der Waals surface area (Å²) < 4.78 is 0. The number of carboxylic acids is 2. The van der Waals surface area contributed by atoms with Crippen molar-refractivity contribution in [2.45, 2.75) is 57.8 Å². The normalized spacial score (nSPS) is 15.9. The van der Waals surface area contributed by atoms with E-state index in [1.54, 1.807) is 13.8 Å². The van der Waals surface area contributed by atoms with Gasteiger partial charge in [0, 0.05) is 6.42 Å². The highest BCUT2D eigenvalue weighted by Crippen LogP contribution is 2.05. The molecule has 0 aliphatic heterocycles. The van der Waals surface area contributed by atoms with Crippen LogP contribution in [0.2, 0.25) is 0 Å². The molecule has 24 heavy (non-hydrogen) atoms. The molecule has 0 aromatic carbocycles. The summed E-state index contributed by atoms with van der Waals surface area (Å²) in [6, 6.07) is -3.70. The van der Waals surface area contributed by atoms with Crippen molar-refractivity contribution in [2.24, 2.45) is 11.7 Å². The zero-order valence-corrected chi connectivity index (χ0v) is 13.9. The molecule has 0 rings (SSSR count). The molecule has 7 N–H and O–H groups in total. The van der Waals surface area contributed by atoms with Gasteiger partial charge >= 0.3 is 11.9 Å². The van der Waals surface area contributed by atoms with Gasteiger partial charge < -0.3 is 31.7 Å². The third kappa shape index (κ3) is 7.38. The average molecular weight is 347 g/mol. The number of hydrogen-bond donors (Lipinski definition) is 6. The summed E-state index contributed by atoms with van der Waals surface area (Å²) in [5, 5.41) is 31.5. The summed E-state index contributed by atoms with van der Waals surface area (Å²) in [7, 11) is 0. The molecule has 138 valence electrons. The Bertz CT molecular complexity index is 479. The maximum absolute atomic E-state index is 12.2. The number of aliphatic carboxylic acids is 2. The van der Waals surface area contributed by atoms with Gasteiger partial charge in [-0.3, -0.25) is 14.4 Å². The number of carboxylic acid groups (broad SMARTS) is 2. The first-order chi connectivity index (χ1) is 11.0. The number of hydrogen-bond acceptors (Lipinski definition) is 6. The Morgan fingerprint density at radius 3 is 1.83 bits per heavy atom. The van der Waals surface area contributed by atoms with Gasteiger partial charge in [-0.05, 0) is 19.3 Å². The van der Waals surface area contributed by atoms with E-state index >= 15 is 0 Å². The summed E-state index contributed by atoms with van der Waals surface area (Å²) in [6.07, 6.45) is -1.72. The maximum Gasteiger partial charge on any atom is 0.328 e. The van der Waals surface area contributed by atoms with Crippen LogP contribution in [0, 0.1) is 5.92 Å². The first-order valence-corrected chi connectivity index (χ1v) is 7.46. The molecular weight excluding hydrogens is 322 g/mol. The van der Waals surface area contributed by atoms with Gasteiger partial charge in [0.15, 0.2) is 6.04 Å². The number of aliphatic hydroxyl groups is 1. The Morgan fingerprint density at radius 2 is 1.46 bits per heavy atom. The largest absolute Gasteiger partial charge is 0.481 e. The summed E-state index contributed by atoms with van der Waals surface area (Å²) >= 11 is 0.